The highest BCUT2D eigenvalue weighted by Crippen LogP contribution is 2.17. The highest BCUT2D eigenvalue weighted by atomic mass is 79.9. The molecule has 5 heteroatoms. The van der Waals surface area contributed by atoms with Crippen molar-refractivity contribution in [3.05, 3.63) is 58.6 Å². The summed E-state index contributed by atoms with van der Waals surface area (Å²) in [5, 5.41) is 8.77. The molecule has 0 saturated heterocycles. The SMILES string of the molecule is O=C(O)c1ccc(OCCOc2cccc(Br)c2)cc1. The number of hydrogen-bond acceptors (Lipinski definition) is 3. The van der Waals surface area contributed by atoms with Crippen LogP contribution in [0.5, 0.6) is 11.5 Å². The Morgan fingerprint density at radius 1 is 1.00 bits per heavy atom. The fourth-order valence-electron chi connectivity index (χ4n) is 1.57. The van der Waals surface area contributed by atoms with E-state index in [-0.39, 0.29) is 5.56 Å². The largest absolute Gasteiger partial charge is 0.490 e. The van der Waals surface area contributed by atoms with Gasteiger partial charge in [0.1, 0.15) is 24.7 Å². The Balaban J connectivity index is 1.77. The maximum absolute atomic E-state index is 10.7. The maximum Gasteiger partial charge on any atom is 0.335 e. The van der Waals surface area contributed by atoms with E-state index in [1.807, 2.05) is 24.3 Å². The van der Waals surface area contributed by atoms with Gasteiger partial charge in [-0.05, 0) is 42.5 Å². The van der Waals surface area contributed by atoms with Gasteiger partial charge in [0.05, 0.1) is 5.56 Å². The van der Waals surface area contributed by atoms with Crippen molar-refractivity contribution in [2.75, 3.05) is 13.2 Å². The van der Waals surface area contributed by atoms with Gasteiger partial charge in [-0.25, -0.2) is 4.79 Å². The monoisotopic (exact) mass is 336 g/mol. The molecule has 0 aliphatic rings. The van der Waals surface area contributed by atoms with Crippen LogP contribution in [0, 0.1) is 0 Å². The van der Waals surface area contributed by atoms with Crippen LogP contribution in [-0.4, -0.2) is 24.3 Å². The lowest BCUT2D eigenvalue weighted by Gasteiger charge is -2.08. The van der Waals surface area contributed by atoms with Crippen LogP contribution in [0.2, 0.25) is 0 Å². The van der Waals surface area contributed by atoms with Gasteiger partial charge in [0.25, 0.3) is 0 Å². The van der Waals surface area contributed by atoms with Gasteiger partial charge in [-0.1, -0.05) is 22.0 Å². The summed E-state index contributed by atoms with van der Waals surface area (Å²) in [7, 11) is 0. The van der Waals surface area contributed by atoms with Crippen LogP contribution in [0.25, 0.3) is 0 Å². The highest BCUT2D eigenvalue weighted by Gasteiger charge is 2.02. The molecule has 20 heavy (non-hydrogen) atoms. The summed E-state index contributed by atoms with van der Waals surface area (Å²) in [5.74, 6) is 0.437. The summed E-state index contributed by atoms with van der Waals surface area (Å²) in [6.07, 6.45) is 0. The second-order valence-corrected chi connectivity index (χ2v) is 4.90. The van der Waals surface area contributed by atoms with Crippen LogP contribution in [0.3, 0.4) is 0 Å². The van der Waals surface area contributed by atoms with Crippen LogP contribution >= 0.6 is 15.9 Å². The van der Waals surface area contributed by atoms with Gasteiger partial charge in [0.15, 0.2) is 0 Å². The zero-order chi connectivity index (χ0) is 14.4. The van der Waals surface area contributed by atoms with E-state index in [1.54, 1.807) is 12.1 Å². The number of aromatic carboxylic acids is 1. The van der Waals surface area contributed by atoms with E-state index >= 15 is 0 Å². The Bertz CT molecular complexity index is 581. The second kappa shape index (κ2) is 6.96. The Hall–Kier alpha value is -2.01. The summed E-state index contributed by atoms with van der Waals surface area (Å²) in [5.41, 5.74) is 0.239. The Morgan fingerprint density at radius 2 is 1.65 bits per heavy atom. The first kappa shape index (κ1) is 14.4. The van der Waals surface area contributed by atoms with Gasteiger partial charge in [-0.15, -0.1) is 0 Å². The minimum atomic E-state index is -0.950. The molecular formula is C15H13BrO4. The number of carbonyl (C=O) groups is 1. The van der Waals surface area contributed by atoms with Crippen LogP contribution in [0.15, 0.2) is 53.0 Å². The van der Waals surface area contributed by atoms with E-state index in [2.05, 4.69) is 15.9 Å². The Morgan fingerprint density at radius 3 is 2.25 bits per heavy atom. The molecule has 0 bridgehead atoms. The van der Waals surface area contributed by atoms with Gasteiger partial charge in [0, 0.05) is 4.47 Å². The zero-order valence-corrected chi connectivity index (χ0v) is 12.2. The maximum atomic E-state index is 10.7. The number of rotatable bonds is 6. The molecule has 0 aliphatic heterocycles. The molecule has 0 fully saturated rings. The number of carboxylic acids is 1. The first-order valence-electron chi connectivity index (χ1n) is 6.00. The predicted octanol–water partition coefficient (Wildman–Crippen LogP) is 3.61. The number of ether oxygens (including phenoxy) is 2. The first-order chi connectivity index (χ1) is 9.65. The molecule has 0 saturated carbocycles. The van der Waals surface area contributed by atoms with E-state index in [0.717, 1.165) is 10.2 Å². The van der Waals surface area contributed by atoms with Gasteiger partial charge >= 0.3 is 5.97 Å². The molecule has 0 aromatic heterocycles. The summed E-state index contributed by atoms with van der Waals surface area (Å²) in [6, 6.07) is 13.8. The number of halogens is 1. The molecule has 2 aromatic carbocycles. The van der Waals surface area contributed by atoms with Crippen molar-refractivity contribution in [2.24, 2.45) is 0 Å². The molecule has 1 N–H and O–H groups in total. The molecular weight excluding hydrogens is 324 g/mol. The lowest BCUT2D eigenvalue weighted by Crippen LogP contribution is -2.09. The molecule has 0 spiro atoms. The molecule has 104 valence electrons. The van der Waals surface area contributed by atoms with E-state index in [9.17, 15) is 4.79 Å². The first-order valence-corrected chi connectivity index (χ1v) is 6.79. The average molecular weight is 337 g/mol. The van der Waals surface area contributed by atoms with Crippen molar-refractivity contribution in [1.29, 1.82) is 0 Å². The summed E-state index contributed by atoms with van der Waals surface area (Å²) < 4.78 is 11.9. The summed E-state index contributed by atoms with van der Waals surface area (Å²) in [6.45, 7) is 0.802. The van der Waals surface area contributed by atoms with Gasteiger partial charge in [-0.3, -0.25) is 0 Å². The third kappa shape index (κ3) is 4.28. The quantitative estimate of drug-likeness (QED) is 0.819. The minimum Gasteiger partial charge on any atom is -0.490 e. The second-order valence-electron chi connectivity index (χ2n) is 3.98. The number of carboxylic acid groups (broad SMARTS) is 1. The molecule has 4 nitrogen and oxygen atoms in total. The molecule has 2 aromatic rings. The van der Waals surface area contributed by atoms with Gasteiger partial charge in [0.2, 0.25) is 0 Å². The number of benzene rings is 2. The molecule has 0 heterocycles. The van der Waals surface area contributed by atoms with Crippen molar-refractivity contribution in [2.45, 2.75) is 0 Å². The average Bonchev–Trinajstić information content (AvgIpc) is 2.44. The number of hydrogen-bond donors (Lipinski definition) is 1. The molecule has 0 unspecified atom stereocenters. The fraction of sp³-hybridized carbons (Fsp3) is 0.133. The fourth-order valence-corrected chi connectivity index (χ4v) is 1.95. The van der Waals surface area contributed by atoms with E-state index in [1.165, 1.54) is 12.1 Å². The molecule has 0 radical (unpaired) electrons. The lowest BCUT2D eigenvalue weighted by atomic mass is 10.2. The lowest BCUT2D eigenvalue weighted by molar-refractivity contribution is 0.0697. The van der Waals surface area contributed by atoms with Crippen molar-refractivity contribution in [3.63, 3.8) is 0 Å². The third-order valence-electron chi connectivity index (χ3n) is 2.52. The predicted molar refractivity (Wildman–Crippen MR) is 78.5 cm³/mol. The van der Waals surface area contributed by atoms with Crippen LogP contribution in [0.1, 0.15) is 10.4 Å². The normalized spacial score (nSPS) is 10.1. The molecule has 0 aliphatic carbocycles. The zero-order valence-electron chi connectivity index (χ0n) is 10.6. The third-order valence-corrected chi connectivity index (χ3v) is 3.01. The Kier molecular flexibility index (Phi) is 5.01. The van der Waals surface area contributed by atoms with E-state index in [0.29, 0.717) is 19.0 Å². The standard InChI is InChI=1S/C15H13BrO4/c16-12-2-1-3-14(10-12)20-9-8-19-13-6-4-11(5-7-13)15(17)18/h1-7,10H,8-9H2,(H,17,18). The van der Waals surface area contributed by atoms with Crippen LogP contribution in [0.4, 0.5) is 0 Å². The van der Waals surface area contributed by atoms with Crippen molar-refractivity contribution in [1.82, 2.24) is 0 Å². The van der Waals surface area contributed by atoms with Crippen molar-refractivity contribution in [3.8, 4) is 11.5 Å². The topological polar surface area (TPSA) is 55.8 Å². The highest BCUT2D eigenvalue weighted by molar-refractivity contribution is 9.10. The van der Waals surface area contributed by atoms with Gasteiger partial charge < -0.3 is 14.6 Å². The summed E-state index contributed by atoms with van der Waals surface area (Å²) in [4.78, 5) is 10.7. The van der Waals surface area contributed by atoms with Crippen LogP contribution < -0.4 is 9.47 Å². The minimum absolute atomic E-state index is 0.239. The van der Waals surface area contributed by atoms with Crippen LogP contribution in [-0.2, 0) is 0 Å². The van der Waals surface area contributed by atoms with Crippen molar-refractivity contribution < 1.29 is 19.4 Å². The van der Waals surface area contributed by atoms with E-state index in [4.69, 9.17) is 14.6 Å². The molecule has 0 atom stereocenters. The van der Waals surface area contributed by atoms with Gasteiger partial charge in [-0.2, -0.15) is 0 Å². The molecule has 2 rings (SSSR count). The van der Waals surface area contributed by atoms with Crippen molar-refractivity contribution >= 4 is 21.9 Å². The smallest absolute Gasteiger partial charge is 0.335 e. The summed E-state index contributed by atoms with van der Waals surface area (Å²) >= 11 is 3.37. The van der Waals surface area contributed by atoms with E-state index < -0.39 is 5.97 Å². The molecule has 0 amide bonds. The Labute approximate surface area is 125 Å².